The molecule has 1 amide bonds. The Bertz CT molecular complexity index is 557. The molecule has 0 unspecified atom stereocenters. The maximum absolute atomic E-state index is 12.8. The van der Waals surface area contributed by atoms with Crippen molar-refractivity contribution in [1.82, 2.24) is 0 Å². The fourth-order valence-corrected chi connectivity index (χ4v) is 3.31. The number of nitrogens with zero attached hydrogens (tertiary/aromatic N) is 1. The van der Waals surface area contributed by atoms with Crippen molar-refractivity contribution in [2.75, 3.05) is 18.1 Å². The van der Waals surface area contributed by atoms with Crippen LogP contribution in [-0.4, -0.2) is 30.1 Å². The number of carbonyl (C=O) groups excluding carboxylic acids is 1. The Kier molecular flexibility index (Phi) is 3.82. The topological polar surface area (TPSA) is 66.8 Å². The van der Waals surface area contributed by atoms with E-state index in [1.807, 2.05) is 24.3 Å². The highest BCUT2D eigenvalue weighted by Crippen LogP contribution is 2.37. The number of amides is 1. The van der Waals surface area contributed by atoms with Gasteiger partial charge in [-0.1, -0.05) is 18.6 Å². The summed E-state index contributed by atoms with van der Waals surface area (Å²) in [5, 5.41) is 9.29. The molecule has 1 aliphatic heterocycles. The van der Waals surface area contributed by atoms with Crippen molar-refractivity contribution in [3.63, 3.8) is 0 Å². The zero-order valence-corrected chi connectivity index (χ0v) is 11.8. The molecule has 0 spiro atoms. The molecule has 5 nitrogen and oxygen atoms in total. The number of rotatable bonds is 2. The molecule has 21 heavy (non-hydrogen) atoms. The van der Waals surface area contributed by atoms with Gasteiger partial charge in [0.05, 0.1) is 24.1 Å². The summed E-state index contributed by atoms with van der Waals surface area (Å²) in [7, 11) is 0. The molecule has 0 saturated heterocycles. The van der Waals surface area contributed by atoms with Gasteiger partial charge >= 0.3 is 5.97 Å². The number of para-hydroxylation sites is 2. The summed E-state index contributed by atoms with van der Waals surface area (Å²) in [5.41, 5.74) is 0.760. The van der Waals surface area contributed by atoms with E-state index in [9.17, 15) is 14.7 Å². The first-order valence-corrected chi connectivity index (χ1v) is 7.44. The van der Waals surface area contributed by atoms with Gasteiger partial charge in [-0.25, -0.2) is 0 Å². The van der Waals surface area contributed by atoms with Gasteiger partial charge < -0.3 is 14.7 Å². The average molecular weight is 289 g/mol. The third-order valence-corrected chi connectivity index (χ3v) is 4.36. The summed E-state index contributed by atoms with van der Waals surface area (Å²) in [4.78, 5) is 25.9. The quantitative estimate of drug-likeness (QED) is 0.907. The van der Waals surface area contributed by atoms with Gasteiger partial charge in [0.2, 0.25) is 5.91 Å². The second kappa shape index (κ2) is 5.76. The van der Waals surface area contributed by atoms with Crippen molar-refractivity contribution < 1.29 is 19.4 Å². The maximum Gasteiger partial charge on any atom is 0.307 e. The van der Waals surface area contributed by atoms with Crippen molar-refractivity contribution in [1.29, 1.82) is 0 Å². The molecule has 5 heteroatoms. The smallest absolute Gasteiger partial charge is 0.307 e. The van der Waals surface area contributed by atoms with Crippen LogP contribution in [0.1, 0.15) is 25.7 Å². The van der Waals surface area contributed by atoms with E-state index in [0.29, 0.717) is 31.7 Å². The van der Waals surface area contributed by atoms with Crippen molar-refractivity contribution in [3.8, 4) is 5.75 Å². The third-order valence-electron chi connectivity index (χ3n) is 4.36. The maximum atomic E-state index is 12.8. The van der Waals surface area contributed by atoms with Gasteiger partial charge in [0.1, 0.15) is 5.75 Å². The van der Waals surface area contributed by atoms with E-state index < -0.39 is 17.8 Å². The zero-order chi connectivity index (χ0) is 14.8. The summed E-state index contributed by atoms with van der Waals surface area (Å²) in [5.74, 6) is -1.18. The van der Waals surface area contributed by atoms with Gasteiger partial charge in [0, 0.05) is 6.54 Å². The molecule has 0 aromatic heterocycles. The van der Waals surface area contributed by atoms with Crippen LogP contribution in [0.25, 0.3) is 0 Å². The minimum Gasteiger partial charge on any atom is -0.491 e. The highest BCUT2D eigenvalue weighted by atomic mass is 16.5. The number of anilines is 1. The van der Waals surface area contributed by atoms with E-state index in [1.54, 1.807) is 4.90 Å². The Labute approximate surface area is 123 Å². The molecule has 1 aliphatic carbocycles. The molecule has 1 heterocycles. The number of carbonyl (C=O) groups is 2. The number of benzene rings is 1. The molecule has 112 valence electrons. The third kappa shape index (κ3) is 2.60. The molecule has 0 bridgehead atoms. The largest absolute Gasteiger partial charge is 0.491 e. The van der Waals surface area contributed by atoms with Gasteiger partial charge in [-0.05, 0) is 31.4 Å². The fourth-order valence-electron chi connectivity index (χ4n) is 3.31. The van der Waals surface area contributed by atoms with Crippen molar-refractivity contribution in [2.24, 2.45) is 11.8 Å². The first-order valence-electron chi connectivity index (χ1n) is 7.44. The number of carboxylic acids is 1. The lowest BCUT2D eigenvalue weighted by molar-refractivity contribution is -0.145. The molecule has 1 aromatic carbocycles. The Balaban J connectivity index is 1.89. The lowest BCUT2D eigenvalue weighted by Crippen LogP contribution is -2.39. The Hall–Kier alpha value is -2.04. The molecular weight excluding hydrogens is 270 g/mol. The SMILES string of the molecule is O=C(O)[C@H]1CCC[C@H]1C(=O)N1CCCOc2ccccc21. The van der Waals surface area contributed by atoms with Crippen LogP contribution in [0, 0.1) is 11.8 Å². The first-order chi connectivity index (χ1) is 10.2. The predicted molar refractivity (Wildman–Crippen MR) is 77.4 cm³/mol. The van der Waals surface area contributed by atoms with E-state index in [1.165, 1.54) is 0 Å². The summed E-state index contributed by atoms with van der Waals surface area (Å²) < 4.78 is 5.66. The minimum atomic E-state index is -0.856. The Morgan fingerprint density at radius 1 is 1.14 bits per heavy atom. The van der Waals surface area contributed by atoms with Crippen LogP contribution in [0.5, 0.6) is 5.75 Å². The van der Waals surface area contributed by atoms with Crippen LogP contribution < -0.4 is 9.64 Å². The van der Waals surface area contributed by atoms with Crippen molar-refractivity contribution in [2.45, 2.75) is 25.7 Å². The van der Waals surface area contributed by atoms with E-state index in [2.05, 4.69) is 0 Å². The van der Waals surface area contributed by atoms with E-state index in [4.69, 9.17) is 4.74 Å². The highest BCUT2D eigenvalue weighted by Gasteiger charge is 2.40. The zero-order valence-electron chi connectivity index (χ0n) is 11.8. The molecule has 1 fully saturated rings. The summed E-state index contributed by atoms with van der Waals surface area (Å²) in [6.07, 6.45) is 2.82. The number of aliphatic carboxylic acids is 1. The number of hydrogen-bond acceptors (Lipinski definition) is 3. The molecule has 1 aromatic rings. The molecule has 2 atom stereocenters. The van der Waals surface area contributed by atoms with Gasteiger partial charge in [0.25, 0.3) is 0 Å². The normalized spacial score (nSPS) is 24.9. The van der Waals surface area contributed by atoms with Crippen LogP contribution in [0.3, 0.4) is 0 Å². The number of hydrogen-bond donors (Lipinski definition) is 1. The van der Waals surface area contributed by atoms with Crippen LogP contribution in [-0.2, 0) is 9.59 Å². The van der Waals surface area contributed by atoms with Crippen LogP contribution in [0.2, 0.25) is 0 Å². The molecular formula is C16H19NO4. The average Bonchev–Trinajstić information content (AvgIpc) is 2.88. The van der Waals surface area contributed by atoms with Gasteiger partial charge in [-0.2, -0.15) is 0 Å². The standard InChI is InChI=1S/C16H19NO4/c18-15(11-5-3-6-12(11)16(19)20)17-9-4-10-21-14-8-2-1-7-13(14)17/h1-2,7-8,11-12H,3-6,9-10H2,(H,19,20)/t11-,12+/m1/s1. The number of fused-ring (bicyclic) bond motifs is 1. The minimum absolute atomic E-state index is 0.0714. The molecule has 0 radical (unpaired) electrons. The highest BCUT2D eigenvalue weighted by molar-refractivity contribution is 5.98. The van der Waals surface area contributed by atoms with Gasteiger partial charge in [0.15, 0.2) is 0 Å². The predicted octanol–water partition coefficient (Wildman–Crippen LogP) is 2.30. The summed E-state index contributed by atoms with van der Waals surface area (Å²) in [6.45, 7) is 1.16. The Morgan fingerprint density at radius 3 is 2.71 bits per heavy atom. The molecule has 1 saturated carbocycles. The van der Waals surface area contributed by atoms with Crippen LogP contribution >= 0.6 is 0 Å². The summed E-state index contributed by atoms with van der Waals surface area (Å²) >= 11 is 0. The molecule has 2 aliphatic rings. The lowest BCUT2D eigenvalue weighted by atomic mass is 9.94. The molecule has 1 N–H and O–H groups in total. The second-order valence-electron chi connectivity index (χ2n) is 5.64. The van der Waals surface area contributed by atoms with Gasteiger partial charge in [-0.15, -0.1) is 0 Å². The number of carboxylic acid groups (broad SMARTS) is 1. The monoisotopic (exact) mass is 289 g/mol. The summed E-state index contributed by atoms with van der Waals surface area (Å²) in [6, 6.07) is 7.47. The first kappa shape index (κ1) is 13.9. The van der Waals surface area contributed by atoms with E-state index in [-0.39, 0.29) is 5.91 Å². The van der Waals surface area contributed by atoms with Crippen molar-refractivity contribution in [3.05, 3.63) is 24.3 Å². The second-order valence-corrected chi connectivity index (χ2v) is 5.64. The van der Waals surface area contributed by atoms with E-state index in [0.717, 1.165) is 18.5 Å². The lowest BCUT2D eigenvalue weighted by Gasteiger charge is -2.26. The van der Waals surface area contributed by atoms with Crippen LogP contribution in [0.15, 0.2) is 24.3 Å². The Morgan fingerprint density at radius 2 is 1.90 bits per heavy atom. The molecule has 3 rings (SSSR count). The van der Waals surface area contributed by atoms with E-state index >= 15 is 0 Å². The van der Waals surface area contributed by atoms with Gasteiger partial charge in [-0.3, -0.25) is 9.59 Å². The van der Waals surface area contributed by atoms with Crippen molar-refractivity contribution >= 4 is 17.6 Å². The number of ether oxygens (including phenoxy) is 1. The van der Waals surface area contributed by atoms with Crippen LogP contribution in [0.4, 0.5) is 5.69 Å². The fraction of sp³-hybridized carbons (Fsp3) is 0.500.